The van der Waals surface area contributed by atoms with E-state index in [1.54, 1.807) is 0 Å². The fourth-order valence-electron chi connectivity index (χ4n) is 9.60. The van der Waals surface area contributed by atoms with Crippen LogP contribution in [0.3, 0.4) is 0 Å². The quantitative estimate of drug-likeness (QED) is 0.190. The van der Waals surface area contributed by atoms with Crippen molar-refractivity contribution in [1.29, 1.82) is 0 Å². The van der Waals surface area contributed by atoms with Crippen LogP contribution in [-0.2, 0) is 5.41 Å². The molecule has 2 unspecified atom stereocenters. The Balaban J connectivity index is 1.24. The molecule has 262 valence electrons. The Labute approximate surface area is 321 Å². The van der Waals surface area contributed by atoms with Crippen LogP contribution in [0, 0.1) is 5.92 Å². The minimum Gasteiger partial charge on any atom is -0.358 e. The van der Waals surface area contributed by atoms with Crippen LogP contribution in [0.15, 0.2) is 199 Å². The molecule has 0 fully saturated rings. The van der Waals surface area contributed by atoms with Crippen molar-refractivity contribution in [2.24, 2.45) is 10.9 Å². The first-order valence-corrected chi connectivity index (χ1v) is 19.4. The molecule has 0 saturated carbocycles. The summed E-state index contributed by atoms with van der Waals surface area (Å²) in [6.07, 6.45) is 8.06. The molecule has 0 spiro atoms. The van der Waals surface area contributed by atoms with E-state index in [9.17, 15) is 0 Å². The van der Waals surface area contributed by atoms with Crippen molar-refractivity contribution in [3.8, 4) is 22.3 Å². The summed E-state index contributed by atoms with van der Waals surface area (Å²) in [6.45, 7) is 2.34. The number of aromatic nitrogens is 1. The third kappa shape index (κ3) is 4.79. The van der Waals surface area contributed by atoms with Gasteiger partial charge in [0.05, 0.1) is 33.5 Å². The van der Waals surface area contributed by atoms with Gasteiger partial charge in [-0.05, 0) is 81.1 Å². The van der Waals surface area contributed by atoms with Gasteiger partial charge in [0.1, 0.15) is 6.17 Å². The van der Waals surface area contributed by atoms with Crippen LogP contribution in [0.1, 0.15) is 41.8 Å². The number of nitrogens with one attached hydrogen (secondary N) is 1. The lowest BCUT2D eigenvalue weighted by molar-refractivity contribution is 0.683. The summed E-state index contributed by atoms with van der Waals surface area (Å²) in [7, 11) is 0. The normalized spacial score (nSPS) is 17.9. The summed E-state index contributed by atoms with van der Waals surface area (Å²) in [6, 6.07) is 62.1. The summed E-state index contributed by atoms with van der Waals surface area (Å²) in [5.41, 5.74) is 16.2. The minimum atomic E-state index is -0.480. The van der Waals surface area contributed by atoms with Gasteiger partial charge in [0, 0.05) is 16.3 Å². The molecule has 3 aliphatic rings. The van der Waals surface area contributed by atoms with Crippen molar-refractivity contribution in [3.05, 3.63) is 216 Å². The molecule has 2 aliphatic carbocycles. The Hall–Kier alpha value is -6.71. The van der Waals surface area contributed by atoms with Crippen LogP contribution >= 0.6 is 0 Å². The molecular weight excluding hydrogens is 667 g/mol. The van der Waals surface area contributed by atoms with Gasteiger partial charge in [-0.3, -0.25) is 0 Å². The van der Waals surface area contributed by atoms with E-state index in [-0.39, 0.29) is 6.17 Å². The highest BCUT2D eigenvalue weighted by molar-refractivity contribution is 6.14. The molecule has 8 aromatic rings. The average Bonchev–Trinajstić information content (AvgIpc) is 3.74. The van der Waals surface area contributed by atoms with Gasteiger partial charge < -0.3 is 9.88 Å². The molecule has 7 aromatic carbocycles. The number of hydrogen-bond donors (Lipinski definition) is 1. The van der Waals surface area contributed by atoms with Crippen molar-refractivity contribution in [2.75, 3.05) is 5.32 Å². The second kappa shape index (κ2) is 12.4. The van der Waals surface area contributed by atoms with Gasteiger partial charge in [-0.25, -0.2) is 4.99 Å². The molecule has 1 N–H and O–H groups in total. The maximum Gasteiger partial charge on any atom is 0.148 e. The number of nitrogens with zero attached hydrogens (tertiary/aromatic N) is 2. The Morgan fingerprint density at radius 1 is 0.600 bits per heavy atom. The van der Waals surface area contributed by atoms with Crippen LogP contribution in [-0.4, -0.2) is 10.3 Å². The number of hydrogen-bond acceptors (Lipinski definition) is 2. The van der Waals surface area contributed by atoms with Crippen LogP contribution < -0.4 is 5.32 Å². The molecule has 1 aromatic heterocycles. The zero-order chi connectivity index (χ0) is 36.5. The van der Waals surface area contributed by atoms with E-state index in [1.165, 1.54) is 66.3 Å². The highest BCUT2D eigenvalue weighted by Crippen LogP contribution is 2.58. The molecule has 1 aliphatic heterocycles. The second-order valence-corrected chi connectivity index (χ2v) is 15.2. The maximum atomic E-state index is 5.42. The third-order valence-electron chi connectivity index (χ3n) is 12.0. The van der Waals surface area contributed by atoms with Gasteiger partial charge in [-0.15, -0.1) is 0 Å². The third-order valence-corrected chi connectivity index (χ3v) is 12.0. The Morgan fingerprint density at radius 3 is 1.95 bits per heavy atom. The molecule has 55 heavy (non-hydrogen) atoms. The molecule has 0 bridgehead atoms. The number of aliphatic imine (C=N–C) groups is 1. The molecule has 0 saturated heterocycles. The summed E-state index contributed by atoms with van der Waals surface area (Å²) < 4.78 is 2.52. The van der Waals surface area contributed by atoms with Crippen molar-refractivity contribution in [1.82, 2.24) is 4.57 Å². The molecule has 2 atom stereocenters. The van der Waals surface area contributed by atoms with Gasteiger partial charge in [-0.1, -0.05) is 171 Å². The highest BCUT2D eigenvalue weighted by Gasteiger charge is 2.47. The molecule has 0 amide bonds. The molecule has 3 nitrogen and oxygen atoms in total. The lowest BCUT2D eigenvalue weighted by atomic mass is 9.65. The smallest absolute Gasteiger partial charge is 0.148 e. The lowest BCUT2D eigenvalue weighted by Gasteiger charge is -2.36. The predicted octanol–water partition coefficient (Wildman–Crippen LogP) is 13.0. The van der Waals surface area contributed by atoms with Crippen molar-refractivity contribution in [3.63, 3.8) is 0 Å². The van der Waals surface area contributed by atoms with E-state index in [1.807, 2.05) is 0 Å². The average molecular weight is 706 g/mol. The molecule has 3 heteroatoms. The predicted molar refractivity (Wildman–Crippen MR) is 229 cm³/mol. The minimum absolute atomic E-state index is 0.272. The largest absolute Gasteiger partial charge is 0.358 e. The van der Waals surface area contributed by atoms with Crippen LogP contribution in [0.2, 0.25) is 0 Å². The lowest BCUT2D eigenvalue weighted by Crippen LogP contribution is -2.31. The second-order valence-electron chi connectivity index (χ2n) is 15.2. The fourth-order valence-corrected chi connectivity index (χ4v) is 9.60. The summed E-state index contributed by atoms with van der Waals surface area (Å²) in [5, 5.41) is 6.45. The van der Waals surface area contributed by atoms with E-state index in [2.05, 4.69) is 205 Å². The standard InChI is InChI=1S/C52H39N3/c1-34-15-14-20-38(31-34)52(44-23-10-8-21-40(44)41-22-9-11-24-45(41)52)39-28-30-43-42-29-27-37(35-16-4-2-5-17-35)32-48(42)55(49(43)33-39)51-50(36-18-6-3-7-19-36)53-46-25-12-13-26-47(46)54-51/h2-14,16-34,51,54H,15H2,1H3. The number of benzene rings is 7. The number of fused-ring (bicyclic) bond motifs is 7. The SMILES string of the molecule is CC1C=C(C2(c3ccc4c5ccc(-c6ccccc6)cc5n(C5Nc6ccccc6N=C5c5ccccc5)c4c3)c3ccccc3-c3ccccc32)C=CC1. The van der Waals surface area contributed by atoms with E-state index in [0.29, 0.717) is 5.92 Å². The Morgan fingerprint density at radius 2 is 1.22 bits per heavy atom. The first-order valence-electron chi connectivity index (χ1n) is 19.4. The van der Waals surface area contributed by atoms with E-state index < -0.39 is 5.41 Å². The maximum absolute atomic E-state index is 5.42. The van der Waals surface area contributed by atoms with Crippen LogP contribution in [0.25, 0.3) is 44.1 Å². The number of anilines is 1. The number of para-hydroxylation sites is 2. The topological polar surface area (TPSA) is 29.3 Å². The van der Waals surface area contributed by atoms with Crippen molar-refractivity contribution in [2.45, 2.75) is 24.9 Å². The van der Waals surface area contributed by atoms with Gasteiger partial charge >= 0.3 is 0 Å². The van der Waals surface area contributed by atoms with Gasteiger partial charge in [-0.2, -0.15) is 0 Å². The molecule has 0 radical (unpaired) electrons. The number of allylic oxidation sites excluding steroid dienone is 4. The van der Waals surface area contributed by atoms with Gasteiger partial charge in [0.25, 0.3) is 0 Å². The Bertz CT molecular complexity index is 2850. The first kappa shape index (κ1) is 31.8. The summed E-state index contributed by atoms with van der Waals surface area (Å²) in [4.78, 5) is 5.42. The van der Waals surface area contributed by atoms with E-state index in [4.69, 9.17) is 4.99 Å². The van der Waals surface area contributed by atoms with Crippen molar-refractivity contribution < 1.29 is 0 Å². The summed E-state index contributed by atoms with van der Waals surface area (Å²) >= 11 is 0. The van der Waals surface area contributed by atoms with Gasteiger partial charge in [0.2, 0.25) is 0 Å². The molecule has 11 rings (SSSR count). The summed E-state index contributed by atoms with van der Waals surface area (Å²) in [5.74, 6) is 0.444. The Kier molecular flexibility index (Phi) is 7.18. The zero-order valence-electron chi connectivity index (χ0n) is 30.7. The van der Waals surface area contributed by atoms with E-state index in [0.717, 1.165) is 29.1 Å². The van der Waals surface area contributed by atoms with Crippen molar-refractivity contribution >= 4 is 38.9 Å². The van der Waals surface area contributed by atoms with E-state index >= 15 is 0 Å². The molecule has 2 heterocycles. The monoisotopic (exact) mass is 705 g/mol. The number of rotatable bonds is 5. The fraction of sp³-hybridized carbons (Fsp3) is 0.0962. The highest BCUT2D eigenvalue weighted by atomic mass is 15.2. The zero-order valence-corrected chi connectivity index (χ0v) is 30.7. The van der Waals surface area contributed by atoms with Gasteiger partial charge in [0.15, 0.2) is 0 Å². The van der Waals surface area contributed by atoms with Crippen LogP contribution in [0.5, 0.6) is 0 Å². The molecular formula is C52H39N3. The van der Waals surface area contributed by atoms with Crippen LogP contribution in [0.4, 0.5) is 11.4 Å². The first-order chi connectivity index (χ1) is 27.2.